The first-order valence-corrected chi connectivity index (χ1v) is 6.87. The van der Waals surface area contributed by atoms with Gasteiger partial charge < -0.3 is 5.73 Å². The molecular weight excluding hydrogens is 350 g/mol. The van der Waals surface area contributed by atoms with Crippen molar-refractivity contribution in [3.8, 4) is 0 Å². The molecule has 0 saturated heterocycles. The van der Waals surface area contributed by atoms with Crippen LogP contribution >= 0.6 is 15.9 Å². The van der Waals surface area contributed by atoms with Crippen LogP contribution in [0.25, 0.3) is 0 Å². The van der Waals surface area contributed by atoms with E-state index in [-0.39, 0.29) is 4.47 Å². The average molecular weight is 362 g/mol. The topological polar surface area (TPSA) is 26.0 Å². The Kier molecular flexibility index (Phi) is 4.39. The lowest BCUT2D eigenvalue weighted by atomic mass is 9.94. The van der Waals surface area contributed by atoms with Gasteiger partial charge in [0.15, 0.2) is 0 Å². The van der Waals surface area contributed by atoms with Gasteiger partial charge in [0.2, 0.25) is 0 Å². The zero-order chi connectivity index (χ0) is 15.8. The van der Waals surface area contributed by atoms with Crippen LogP contribution in [0, 0.1) is 12.7 Å². The van der Waals surface area contributed by atoms with Crippen LogP contribution in [0.2, 0.25) is 0 Å². The normalized spacial score (nSPS) is 13.3. The molecule has 0 aliphatic carbocycles. The molecule has 1 nitrogen and oxygen atoms in total. The molecule has 0 heterocycles. The Morgan fingerprint density at radius 3 is 2.29 bits per heavy atom. The second kappa shape index (κ2) is 5.77. The van der Waals surface area contributed by atoms with Gasteiger partial charge in [-0.3, -0.25) is 0 Å². The summed E-state index contributed by atoms with van der Waals surface area (Å²) in [6.07, 6.45) is -4.38. The molecule has 2 N–H and O–H groups in total. The van der Waals surface area contributed by atoms with Crippen LogP contribution in [0.5, 0.6) is 0 Å². The highest BCUT2D eigenvalue weighted by atomic mass is 79.9. The van der Waals surface area contributed by atoms with Crippen molar-refractivity contribution in [1.82, 2.24) is 0 Å². The molecule has 112 valence electrons. The molecule has 0 fully saturated rings. The van der Waals surface area contributed by atoms with Gasteiger partial charge in [0.05, 0.1) is 16.1 Å². The van der Waals surface area contributed by atoms with Crippen molar-refractivity contribution in [2.24, 2.45) is 5.73 Å². The third-order valence-electron chi connectivity index (χ3n) is 3.23. The Morgan fingerprint density at radius 2 is 1.76 bits per heavy atom. The summed E-state index contributed by atoms with van der Waals surface area (Å²) >= 11 is 3.06. The fraction of sp³-hybridized carbons (Fsp3) is 0.200. The van der Waals surface area contributed by atoms with Gasteiger partial charge in [-0.05, 0) is 63.8 Å². The molecule has 1 atom stereocenters. The van der Waals surface area contributed by atoms with E-state index < -0.39 is 23.6 Å². The van der Waals surface area contributed by atoms with E-state index in [1.807, 2.05) is 0 Å². The first-order valence-electron chi connectivity index (χ1n) is 6.08. The Hall–Kier alpha value is -1.40. The standard InChI is InChI=1S/C15H12BrF4N/c1-8-6-10(15(18,19)20)3-4-11(8)14(21)9-2-5-13(17)12(16)7-9/h2-7,14H,21H2,1H3. The lowest BCUT2D eigenvalue weighted by molar-refractivity contribution is -0.137. The number of alkyl halides is 3. The Morgan fingerprint density at radius 1 is 1.10 bits per heavy atom. The van der Waals surface area contributed by atoms with Crippen molar-refractivity contribution in [2.75, 3.05) is 0 Å². The Balaban J connectivity index is 2.39. The molecule has 2 aromatic carbocycles. The van der Waals surface area contributed by atoms with Gasteiger partial charge in [-0.1, -0.05) is 12.1 Å². The van der Waals surface area contributed by atoms with Crippen LogP contribution in [-0.4, -0.2) is 0 Å². The lowest BCUT2D eigenvalue weighted by Crippen LogP contribution is -2.14. The fourth-order valence-electron chi connectivity index (χ4n) is 2.09. The van der Waals surface area contributed by atoms with E-state index in [1.165, 1.54) is 24.3 Å². The van der Waals surface area contributed by atoms with Gasteiger partial charge >= 0.3 is 6.18 Å². The quantitative estimate of drug-likeness (QED) is 0.751. The van der Waals surface area contributed by atoms with Gasteiger partial charge in [0.25, 0.3) is 0 Å². The van der Waals surface area contributed by atoms with Crippen molar-refractivity contribution < 1.29 is 17.6 Å². The van der Waals surface area contributed by atoms with Crippen molar-refractivity contribution in [3.05, 3.63) is 68.9 Å². The molecular formula is C15H12BrF4N. The maximum atomic E-state index is 13.2. The molecule has 0 aliphatic rings. The van der Waals surface area contributed by atoms with Crippen LogP contribution in [0.3, 0.4) is 0 Å². The molecule has 0 bridgehead atoms. The molecule has 0 spiro atoms. The van der Waals surface area contributed by atoms with Crippen LogP contribution in [0.15, 0.2) is 40.9 Å². The number of hydrogen-bond donors (Lipinski definition) is 1. The maximum Gasteiger partial charge on any atom is 0.416 e. The molecule has 2 aromatic rings. The fourth-order valence-corrected chi connectivity index (χ4v) is 2.48. The zero-order valence-corrected chi connectivity index (χ0v) is 12.6. The van der Waals surface area contributed by atoms with E-state index in [0.29, 0.717) is 16.7 Å². The third-order valence-corrected chi connectivity index (χ3v) is 3.84. The molecule has 0 radical (unpaired) electrons. The van der Waals surface area contributed by atoms with Gasteiger partial charge in [0, 0.05) is 0 Å². The highest BCUT2D eigenvalue weighted by molar-refractivity contribution is 9.10. The average Bonchev–Trinajstić information content (AvgIpc) is 2.40. The summed E-state index contributed by atoms with van der Waals surface area (Å²) in [6, 6.07) is 7.11. The number of benzene rings is 2. The molecule has 1 unspecified atom stereocenters. The Bertz CT molecular complexity index is 667. The van der Waals surface area contributed by atoms with Crippen molar-refractivity contribution in [3.63, 3.8) is 0 Å². The summed E-state index contributed by atoms with van der Waals surface area (Å²) in [5.41, 5.74) is 6.99. The summed E-state index contributed by atoms with van der Waals surface area (Å²) in [5, 5.41) is 0. The van der Waals surface area contributed by atoms with Crippen molar-refractivity contribution in [2.45, 2.75) is 19.1 Å². The smallest absolute Gasteiger partial charge is 0.320 e. The summed E-state index contributed by atoms with van der Waals surface area (Å²) in [4.78, 5) is 0. The van der Waals surface area contributed by atoms with E-state index >= 15 is 0 Å². The predicted octanol–water partition coefficient (Wildman–Crippen LogP) is 4.96. The summed E-state index contributed by atoms with van der Waals surface area (Å²) < 4.78 is 51.4. The highest BCUT2D eigenvalue weighted by Gasteiger charge is 2.31. The summed E-state index contributed by atoms with van der Waals surface area (Å²) in [7, 11) is 0. The minimum absolute atomic E-state index is 0.264. The zero-order valence-electron chi connectivity index (χ0n) is 11.0. The number of aryl methyl sites for hydroxylation is 1. The second-order valence-electron chi connectivity index (χ2n) is 4.72. The first-order chi connectivity index (χ1) is 9.70. The van der Waals surface area contributed by atoms with Gasteiger partial charge in [-0.25, -0.2) is 4.39 Å². The van der Waals surface area contributed by atoms with Crippen LogP contribution < -0.4 is 5.73 Å². The van der Waals surface area contributed by atoms with E-state index in [0.717, 1.165) is 12.1 Å². The number of hydrogen-bond acceptors (Lipinski definition) is 1. The second-order valence-corrected chi connectivity index (χ2v) is 5.57. The minimum Gasteiger partial charge on any atom is -0.320 e. The van der Waals surface area contributed by atoms with Crippen molar-refractivity contribution in [1.29, 1.82) is 0 Å². The highest BCUT2D eigenvalue weighted by Crippen LogP contribution is 2.33. The summed E-state index contributed by atoms with van der Waals surface area (Å²) in [6.45, 7) is 1.57. The predicted molar refractivity (Wildman–Crippen MR) is 76.3 cm³/mol. The van der Waals surface area contributed by atoms with E-state index in [1.54, 1.807) is 6.92 Å². The van der Waals surface area contributed by atoms with Crippen LogP contribution in [-0.2, 0) is 6.18 Å². The minimum atomic E-state index is -4.38. The Labute approximate surface area is 127 Å². The maximum absolute atomic E-state index is 13.2. The van der Waals surface area contributed by atoms with Gasteiger partial charge in [0.1, 0.15) is 5.82 Å². The van der Waals surface area contributed by atoms with Gasteiger partial charge in [-0.2, -0.15) is 13.2 Å². The largest absolute Gasteiger partial charge is 0.416 e. The van der Waals surface area contributed by atoms with E-state index in [9.17, 15) is 17.6 Å². The number of nitrogens with two attached hydrogens (primary N) is 1. The molecule has 6 heteroatoms. The SMILES string of the molecule is Cc1cc(C(F)(F)F)ccc1C(N)c1ccc(F)c(Br)c1. The monoisotopic (exact) mass is 361 g/mol. The molecule has 0 aliphatic heterocycles. The molecule has 21 heavy (non-hydrogen) atoms. The van der Waals surface area contributed by atoms with Crippen LogP contribution in [0.4, 0.5) is 17.6 Å². The van der Waals surface area contributed by atoms with E-state index in [4.69, 9.17) is 5.73 Å². The first kappa shape index (κ1) is 16.0. The third kappa shape index (κ3) is 3.44. The summed E-state index contributed by atoms with van der Waals surface area (Å²) in [5.74, 6) is -0.421. The van der Waals surface area contributed by atoms with E-state index in [2.05, 4.69) is 15.9 Å². The van der Waals surface area contributed by atoms with Gasteiger partial charge in [-0.15, -0.1) is 0 Å². The molecule has 0 saturated carbocycles. The molecule has 0 aromatic heterocycles. The lowest BCUT2D eigenvalue weighted by Gasteiger charge is -2.17. The number of halogens is 5. The molecule has 0 amide bonds. The number of rotatable bonds is 2. The molecule has 2 rings (SSSR count). The van der Waals surface area contributed by atoms with Crippen molar-refractivity contribution >= 4 is 15.9 Å². The van der Waals surface area contributed by atoms with Crippen LogP contribution in [0.1, 0.15) is 28.3 Å².